The molecule has 0 aromatic heterocycles. The molecule has 0 aliphatic heterocycles. The monoisotopic (exact) mass is 271 g/mol. The van der Waals surface area contributed by atoms with Gasteiger partial charge >= 0.3 is 0 Å². The summed E-state index contributed by atoms with van der Waals surface area (Å²) in [5, 5.41) is 3.60. The van der Waals surface area contributed by atoms with E-state index >= 15 is 0 Å². The van der Waals surface area contributed by atoms with E-state index in [0.717, 1.165) is 24.9 Å². The summed E-state index contributed by atoms with van der Waals surface area (Å²) in [4.78, 5) is 0. The molecule has 0 aliphatic carbocycles. The third kappa shape index (κ3) is 4.95. The zero-order valence-corrected chi connectivity index (χ0v) is 12.4. The van der Waals surface area contributed by atoms with Crippen LogP contribution in [0.3, 0.4) is 0 Å². The van der Waals surface area contributed by atoms with Crippen LogP contribution in [0.2, 0.25) is 5.02 Å². The van der Waals surface area contributed by atoms with Gasteiger partial charge in [0.2, 0.25) is 0 Å². The first-order valence-corrected chi connectivity index (χ1v) is 6.89. The van der Waals surface area contributed by atoms with Crippen molar-refractivity contribution in [1.29, 1.82) is 0 Å². The predicted molar refractivity (Wildman–Crippen MR) is 76.7 cm³/mol. The molecule has 1 aromatic rings. The molecule has 1 atom stereocenters. The Morgan fingerprint density at radius 1 is 1.39 bits per heavy atom. The highest BCUT2D eigenvalue weighted by atomic mass is 35.5. The number of halogens is 2. The first-order valence-electron chi connectivity index (χ1n) is 6.51. The maximum atomic E-state index is 13.4. The summed E-state index contributed by atoms with van der Waals surface area (Å²) in [6.45, 7) is 9.71. The van der Waals surface area contributed by atoms with Crippen LogP contribution in [0.1, 0.15) is 39.7 Å². The van der Waals surface area contributed by atoms with Gasteiger partial charge in [-0.05, 0) is 49.4 Å². The Bertz CT molecular complexity index is 390. The van der Waals surface area contributed by atoms with Crippen LogP contribution in [-0.4, -0.2) is 12.6 Å². The molecule has 0 amide bonds. The Labute approximate surface area is 115 Å². The first kappa shape index (κ1) is 15.5. The smallest absolute Gasteiger partial charge is 0.142 e. The van der Waals surface area contributed by atoms with Crippen molar-refractivity contribution in [2.75, 3.05) is 6.54 Å². The van der Waals surface area contributed by atoms with E-state index in [1.165, 1.54) is 0 Å². The maximum Gasteiger partial charge on any atom is 0.142 e. The lowest BCUT2D eigenvalue weighted by Crippen LogP contribution is -2.32. The van der Waals surface area contributed by atoms with Crippen LogP contribution in [0.25, 0.3) is 0 Å². The summed E-state index contributed by atoms with van der Waals surface area (Å²) < 4.78 is 13.4. The number of rotatable bonds is 6. The fourth-order valence-electron chi connectivity index (χ4n) is 2.52. The Morgan fingerprint density at radius 2 is 2.06 bits per heavy atom. The van der Waals surface area contributed by atoms with E-state index < -0.39 is 0 Å². The van der Waals surface area contributed by atoms with Crippen LogP contribution in [0.4, 0.5) is 4.39 Å². The number of hydrogen-bond donors (Lipinski definition) is 1. The van der Waals surface area contributed by atoms with Gasteiger partial charge in [-0.1, -0.05) is 38.4 Å². The van der Waals surface area contributed by atoms with Gasteiger partial charge in [-0.3, -0.25) is 0 Å². The third-order valence-electron chi connectivity index (χ3n) is 3.08. The van der Waals surface area contributed by atoms with Gasteiger partial charge < -0.3 is 5.32 Å². The molecule has 0 saturated heterocycles. The molecule has 0 saturated carbocycles. The van der Waals surface area contributed by atoms with E-state index in [2.05, 4.69) is 33.0 Å². The van der Waals surface area contributed by atoms with Crippen LogP contribution in [0.5, 0.6) is 0 Å². The molecule has 1 rings (SSSR count). The van der Waals surface area contributed by atoms with E-state index in [9.17, 15) is 4.39 Å². The average Bonchev–Trinajstić information content (AvgIpc) is 2.22. The van der Waals surface area contributed by atoms with Gasteiger partial charge in [0.25, 0.3) is 0 Å². The van der Waals surface area contributed by atoms with Crippen molar-refractivity contribution in [2.24, 2.45) is 5.41 Å². The summed E-state index contributed by atoms with van der Waals surface area (Å²) in [7, 11) is 0. The molecule has 1 unspecified atom stereocenters. The fraction of sp³-hybridized carbons (Fsp3) is 0.600. The molecule has 0 fully saturated rings. The minimum Gasteiger partial charge on any atom is -0.315 e. The highest BCUT2D eigenvalue weighted by Crippen LogP contribution is 2.28. The van der Waals surface area contributed by atoms with Crippen molar-refractivity contribution >= 4 is 11.6 Å². The molecule has 1 nitrogen and oxygen atoms in total. The second-order valence-corrected chi connectivity index (χ2v) is 6.16. The van der Waals surface area contributed by atoms with Crippen molar-refractivity contribution in [1.82, 2.24) is 5.32 Å². The van der Waals surface area contributed by atoms with Crippen LogP contribution in [-0.2, 0) is 6.42 Å². The van der Waals surface area contributed by atoms with Gasteiger partial charge in [0.15, 0.2) is 0 Å². The summed E-state index contributed by atoms with van der Waals surface area (Å²) in [6.07, 6.45) is 1.92. The highest BCUT2D eigenvalue weighted by Gasteiger charge is 2.21. The van der Waals surface area contributed by atoms with Gasteiger partial charge in [-0.2, -0.15) is 0 Å². The highest BCUT2D eigenvalue weighted by molar-refractivity contribution is 6.30. The van der Waals surface area contributed by atoms with Gasteiger partial charge in [0, 0.05) is 6.04 Å². The van der Waals surface area contributed by atoms with Crippen LogP contribution >= 0.6 is 11.6 Å². The fourth-order valence-corrected chi connectivity index (χ4v) is 2.64. The van der Waals surface area contributed by atoms with Gasteiger partial charge in [-0.15, -0.1) is 0 Å². The molecule has 0 bridgehead atoms. The molecule has 0 heterocycles. The molecule has 0 radical (unpaired) electrons. The average molecular weight is 272 g/mol. The first-order chi connectivity index (χ1) is 8.34. The Balaban J connectivity index is 2.66. The summed E-state index contributed by atoms with van der Waals surface area (Å²) in [6, 6.07) is 5.56. The molecule has 18 heavy (non-hydrogen) atoms. The Morgan fingerprint density at radius 3 is 2.61 bits per heavy atom. The van der Waals surface area contributed by atoms with E-state index in [-0.39, 0.29) is 16.3 Å². The van der Waals surface area contributed by atoms with E-state index in [4.69, 9.17) is 11.6 Å². The largest absolute Gasteiger partial charge is 0.315 e. The predicted octanol–water partition coefficient (Wildman–Crippen LogP) is 4.44. The van der Waals surface area contributed by atoms with Crippen molar-refractivity contribution < 1.29 is 4.39 Å². The zero-order chi connectivity index (χ0) is 13.8. The van der Waals surface area contributed by atoms with Crippen LogP contribution in [0, 0.1) is 11.2 Å². The lowest BCUT2D eigenvalue weighted by Gasteiger charge is -2.28. The molecule has 102 valence electrons. The molecule has 0 aliphatic rings. The standard InChI is InChI=1S/C15H23ClFN/c1-5-18-11(2)9-15(3,4)10-12-6-7-13(16)14(17)8-12/h6-8,11,18H,5,9-10H2,1-4H3. The lowest BCUT2D eigenvalue weighted by molar-refractivity contribution is 0.288. The molecule has 3 heteroatoms. The van der Waals surface area contributed by atoms with Gasteiger partial charge in [0.1, 0.15) is 5.82 Å². The van der Waals surface area contributed by atoms with Crippen molar-refractivity contribution in [3.63, 3.8) is 0 Å². The summed E-state index contributed by atoms with van der Waals surface area (Å²) in [5.74, 6) is -0.329. The van der Waals surface area contributed by atoms with E-state index in [1.807, 2.05) is 6.07 Å². The quantitative estimate of drug-likeness (QED) is 0.807. The van der Waals surface area contributed by atoms with E-state index in [1.54, 1.807) is 12.1 Å². The summed E-state index contributed by atoms with van der Waals surface area (Å²) >= 11 is 5.69. The second-order valence-electron chi connectivity index (χ2n) is 5.75. The number of nitrogens with one attached hydrogen (secondary N) is 1. The second kappa shape index (κ2) is 6.53. The molecule has 0 spiro atoms. The Hall–Kier alpha value is -0.600. The van der Waals surface area contributed by atoms with Crippen LogP contribution in [0.15, 0.2) is 18.2 Å². The van der Waals surface area contributed by atoms with Gasteiger partial charge in [0.05, 0.1) is 5.02 Å². The van der Waals surface area contributed by atoms with Gasteiger partial charge in [-0.25, -0.2) is 4.39 Å². The van der Waals surface area contributed by atoms with Crippen LogP contribution < -0.4 is 5.32 Å². The van der Waals surface area contributed by atoms with Crippen molar-refractivity contribution in [2.45, 2.75) is 46.6 Å². The molecule has 1 N–H and O–H groups in total. The number of benzene rings is 1. The minimum atomic E-state index is -0.329. The SMILES string of the molecule is CCNC(C)CC(C)(C)Cc1ccc(Cl)c(F)c1. The lowest BCUT2D eigenvalue weighted by atomic mass is 9.80. The molecular formula is C15H23ClFN. The zero-order valence-electron chi connectivity index (χ0n) is 11.7. The topological polar surface area (TPSA) is 12.0 Å². The third-order valence-corrected chi connectivity index (χ3v) is 3.38. The van der Waals surface area contributed by atoms with Crippen molar-refractivity contribution in [3.05, 3.63) is 34.6 Å². The summed E-state index contributed by atoms with van der Waals surface area (Å²) in [5.41, 5.74) is 1.15. The molecular weight excluding hydrogens is 249 g/mol. The maximum absolute atomic E-state index is 13.4. The Kier molecular flexibility index (Phi) is 5.61. The normalized spacial score (nSPS) is 13.7. The number of hydrogen-bond acceptors (Lipinski definition) is 1. The molecule has 1 aromatic carbocycles. The minimum absolute atomic E-state index is 0.141. The van der Waals surface area contributed by atoms with Crippen molar-refractivity contribution in [3.8, 4) is 0 Å². The van der Waals surface area contributed by atoms with E-state index in [0.29, 0.717) is 6.04 Å².